The Hall–Kier alpha value is -3.77. The van der Waals surface area contributed by atoms with Gasteiger partial charge in [-0.3, -0.25) is 10.1 Å². The molecule has 9 nitrogen and oxygen atoms in total. The van der Waals surface area contributed by atoms with Gasteiger partial charge in [0.05, 0.1) is 23.1 Å². The van der Waals surface area contributed by atoms with Crippen LogP contribution in [-0.4, -0.2) is 37.8 Å². The minimum absolute atomic E-state index is 0.0786. The van der Waals surface area contributed by atoms with Crippen molar-refractivity contribution in [3.63, 3.8) is 0 Å². The number of hydrogen-bond acceptors (Lipinski definition) is 8. The van der Waals surface area contributed by atoms with Gasteiger partial charge in [-0.2, -0.15) is 5.26 Å². The van der Waals surface area contributed by atoms with Crippen molar-refractivity contribution in [1.29, 1.82) is 5.26 Å². The van der Waals surface area contributed by atoms with Gasteiger partial charge in [-0.25, -0.2) is 0 Å². The molecular formula is C25H29N5O4. The van der Waals surface area contributed by atoms with Gasteiger partial charge in [0.25, 0.3) is 5.69 Å². The standard InChI is InChI=1S/C25H29N5O4/c1-17-15-25(2,3)29(10-6-7-11-33-4)23-14-24(34-5)22(13-20(17)23)28-27-21-9-8-19(30(31)32)12-18(21)16-26/h8-9,12-15H,6-7,10-11H2,1-5H3. The summed E-state index contributed by atoms with van der Waals surface area (Å²) in [6.07, 6.45) is 4.20. The van der Waals surface area contributed by atoms with Gasteiger partial charge in [-0.1, -0.05) is 6.08 Å². The topological polar surface area (TPSA) is 113 Å². The number of nitro benzene ring substituents is 1. The van der Waals surface area contributed by atoms with Gasteiger partial charge in [0.15, 0.2) is 0 Å². The van der Waals surface area contributed by atoms with E-state index in [2.05, 4.69) is 42.0 Å². The fourth-order valence-corrected chi connectivity index (χ4v) is 4.18. The average Bonchev–Trinajstić information content (AvgIpc) is 2.81. The molecular weight excluding hydrogens is 434 g/mol. The van der Waals surface area contributed by atoms with Crippen LogP contribution in [0.4, 0.5) is 22.7 Å². The molecule has 0 aliphatic carbocycles. The maximum Gasteiger partial charge on any atom is 0.270 e. The maximum absolute atomic E-state index is 11.0. The summed E-state index contributed by atoms with van der Waals surface area (Å²) in [6.45, 7) is 8.04. The summed E-state index contributed by atoms with van der Waals surface area (Å²) in [5.74, 6) is 0.551. The van der Waals surface area contributed by atoms with Gasteiger partial charge < -0.3 is 14.4 Å². The van der Waals surface area contributed by atoms with Crippen LogP contribution in [0.5, 0.6) is 5.75 Å². The molecule has 2 aromatic carbocycles. The van der Waals surface area contributed by atoms with E-state index < -0.39 is 4.92 Å². The molecule has 2 aromatic rings. The van der Waals surface area contributed by atoms with Crippen molar-refractivity contribution >= 4 is 28.3 Å². The number of ether oxygens (including phenoxy) is 2. The van der Waals surface area contributed by atoms with Crippen molar-refractivity contribution in [2.45, 2.75) is 39.2 Å². The summed E-state index contributed by atoms with van der Waals surface area (Å²) < 4.78 is 10.8. The lowest BCUT2D eigenvalue weighted by molar-refractivity contribution is -0.384. The normalized spacial score (nSPS) is 14.5. The zero-order valence-electron chi connectivity index (χ0n) is 20.2. The number of nitrogens with zero attached hydrogens (tertiary/aromatic N) is 5. The highest BCUT2D eigenvalue weighted by atomic mass is 16.6. The molecule has 178 valence electrons. The van der Waals surface area contributed by atoms with Gasteiger partial charge >= 0.3 is 0 Å². The van der Waals surface area contributed by atoms with Crippen LogP contribution in [0, 0.1) is 21.4 Å². The second-order valence-corrected chi connectivity index (χ2v) is 8.64. The van der Waals surface area contributed by atoms with Crippen molar-refractivity contribution in [3.05, 3.63) is 57.6 Å². The molecule has 0 saturated heterocycles. The number of azo groups is 1. The van der Waals surface area contributed by atoms with E-state index in [4.69, 9.17) is 9.47 Å². The number of benzene rings is 2. The van der Waals surface area contributed by atoms with Gasteiger partial charge in [0.2, 0.25) is 0 Å². The summed E-state index contributed by atoms with van der Waals surface area (Å²) in [4.78, 5) is 12.8. The van der Waals surface area contributed by atoms with Crippen molar-refractivity contribution in [1.82, 2.24) is 0 Å². The van der Waals surface area contributed by atoms with Crippen LogP contribution in [0.1, 0.15) is 44.7 Å². The third kappa shape index (κ3) is 5.24. The van der Waals surface area contributed by atoms with E-state index in [9.17, 15) is 15.4 Å². The smallest absolute Gasteiger partial charge is 0.270 e. The molecule has 34 heavy (non-hydrogen) atoms. The van der Waals surface area contributed by atoms with E-state index in [1.54, 1.807) is 14.2 Å². The number of unbranched alkanes of at least 4 members (excludes halogenated alkanes) is 1. The third-order valence-corrected chi connectivity index (χ3v) is 5.84. The van der Waals surface area contributed by atoms with Crippen LogP contribution in [0.25, 0.3) is 5.57 Å². The first-order chi connectivity index (χ1) is 16.2. The molecule has 0 atom stereocenters. The number of nitro groups is 1. The summed E-state index contributed by atoms with van der Waals surface area (Å²) in [6, 6.07) is 9.75. The SMILES string of the molecule is COCCCCN1c2cc(OC)c(N=Nc3ccc([N+](=O)[O-])cc3C#N)cc2C(C)=CC1(C)C. The second-order valence-electron chi connectivity index (χ2n) is 8.64. The number of rotatable bonds is 9. The molecule has 1 heterocycles. The lowest BCUT2D eigenvalue weighted by atomic mass is 9.88. The van der Waals surface area contributed by atoms with Crippen LogP contribution in [-0.2, 0) is 4.74 Å². The Bertz CT molecular complexity index is 1180. The van der Waals surface area contributed by atoms with Gasteiger partial charge in [0.1, 0.15) is 23.2 Å². The largest absolute Gasteiger partial charge is 0.494 e. The first kappa shape index (κ1) is 24.9. The van der Waals surface area contributed by atoms with E-state index in [0.717, 1.165) is 42.8 Å². The molecule has 0 aromatic heterocycles. The monoisotopic (exact) mass is 463 g/mol. The lowest BCUT2D eigenvalue weighted by Crippen LogP contribution is -2.45. The number of methoxy groups -OCH3 is 2. The summed E-state index contributed by atoms with van der Waals surface area (Å²) in [5, 5.41) is 28.9. The first-order valence-electron chi connectivity index (χ1n) is 11.0. The number of anilines is 1. The van der Waals surface area contributed by atoms with E-state index in [1.807, 2.05) is 18.2 Å². The number of hydrogen-bond donors (Lipinski definition) is 0. The van der Waals surface area contributed by atoms with Crippen LogP contribution in [0.3, 0.4) is 0 Å². The zero-order valence-corrected chi connectivity index (χ0v) is 20.2. The molecule has 0 spiro atoms. The van der Waals surface area contributed by atoms with Crippen molar-refractivity contribution in [2.75, 3.05) is 32.3 Å². The van der Waals surface area contributed by atoms with Crippen molar-refractivity contribution in [3.8, 4) is 11.8 Å². The van der Waals surface area contributed by atoms with Gasteiger partial charge in [0, 0.05) is 49.7 Å². The molecule has 0 saturated carbocycles. The average molecular weight is 464 g/mol. The fraction of sp³-hybridized carbons (Fsp3) is 0.400. The molecule has 0 bridgehead atoms. The molecule has 0 amide bonds. The van der Waals surface area contributed by atoms with Crippen LogP contribution in [0.15, 0.2) is 46.6 Å². The quantitative estimate of drug-likeness (QED) is 0.186. The molecule has 0 unspecified atom stereocenters. The minimum atomic E-state index is -0.550. The Morgan fingerprint density at radius 3 is 2.53 bits per heavy atom. The van der Waals surface area contributed by atoms with Gasteiger partial charge in [-0.15, -0.1) is 10.2 Å². The number of allylic oxidation sites excluding steroid dienone is 1. The maximum atomic E-state index is 11.0. The highest BCUT2D eigenvalue weighted by Crippen LogP contribution is 2.45. The van der Waals surface area contributed by atoms with Crippen molar-refractivity contribution in [2.24, 2.45) is 10.2 Å². The Kier molecular flexibility index (Phi) is 7.64. The summed E-state index contributed by atoms with van der Waals surface area (Å²) >= 11 is 0. The third-order valence-electron chi connectivity index (χ3n) is 5.84. The summed E-state index contributed by atoms with van der Waals surface area (Å²) in [7, 11) is 3.29. The van der Waals surface area contributed by atoms with E-state index in [1.165, 1.54) is 18.2 Å². The Morgan fingerprint density at radius 2 is 1.88 bits per heavy atom. The van der Waals surface area contributed by atoms with E-state index in [-0.39, 0.29) is 22.5 Å². The zero-order chi connectivity index (χ0) is 24.9. The number of non-ortho nitro benzene ring substituents is 1. The molecule has 0 N–H and O–H groups in total. The number of nitriles is 1. The molecule has 1 aliphatic rings. The second kappa shape index (κ2) is 10.4. The van der Waals surface area contributed by atoms with Crippen LogP contribution >= 0.6 is 0 Å². The summed E-state index contributed by atoms with van der Waals surface area (Å²) in [5.41, 5.74) is 3.72. The van der Waals surface area contributed by atoms with Crippen molar-refractivity contribution < 1.29 is 14.4 Å². The lowest BCUT2D eigenvalue weighted by Gasteiger charge is -2.43. The highest BCUT2D eigenvalue weighted by molar-refractivity contribution is 5.85. The molecule has 1 aliphatic heterocycles. The van der Waals surface area contributed by atoms with Crippen LogP contribution in [0.2, 0.25) is 0 Å². The predicted molar refractivity (Wildman–Crippen MR) is 131 cm³/mol. The van der Waals surface area contributed by atoms with E-state index >= 15 is 0 Å². The minimum Gasteiger partial charge on any atom is -0.494 e. The molecule has 9 heteroatoms. The van der Waals surface area contributed by atoms with E-state index in [0.29, 0.717) is 11.4 Å². The van der Waals surface area contributed by atoms with Crippen LogP contribution < -0.4 is 9.64 Å². The Balaban J connectivity index is 2.00. The molecule has 0 radical (unpaired) electrons. The fourth-order valence-electron chi connectivity index (χ4n) is 4.18. The predicted octanol–water partition coefficient (Wildman–Crippen LogP) is 6.32. The Labute approximate surface area is 199 Å². The first-order valence-corrected chi connectivity index (χ1v) is 11.0. The molecule has 3 rings (SSSR count). The Morgan fingerprint density at radius 1 is 1.15 bits per heavy atom. The molecule has 0 fully saturated rings. The van der Waals surface area contributed by atoms with Gasteiger partial charge in [-0.05, 0) is 51.3 Å². The highest BCUT2D eigenvalue weighted by Gasteiger charge is 2.32. The number of fused-ring (bicyclic) bond motifs is 1.